The molecule has 0 radical (unpaired) electrons. The van der Waals surface area contributed by atoms with Gasteiger partial charge in [-0.1, -0.05) is 0 Å². The van der Waals surface area contributed by atoms with E-state index < -0.39 is 0 Å². The zero-order valence-electron chi connectivity index (χ0n) is 16.5. The van der Waals surface area contributed by atoms with Gasteiger partial charge in [0.05, 0.1) is 13.2 Å². The summed E-state index contributed by atoms with van der Waals surface area (Å²) in [5, 5.41) is 6.14. The summed E-state index contributed by atoms with van der Waals surface area (Å²) in [6.07, 6.45) is 3.52. The Labute approximate surface area is 170 Å². The van der Waals surface area contributed by atoms with Gasteiger partial charge in [-0.2, -0.15) is 0 Å². The monoisotopic (exact) mass is 398 g/mol. The summed E-state index contributed by atoms with van der Waals surface area (Å²) in [6.45, 7) is 5.38. The number of hydrogen-bond donors (Lipinski definition) is 2. The van der Waals surface area contributed by atoms with Gasteiger partial charge in [0.1, 0.15) is 5.75 Å². The Hall–Kier alpha value is -3.13. The fourth-order valence-corrected chi connectivity index (χ4v) is 2.90. The van der Waals surface area contributed by atoms with Gasteiger partial charge in [-0.25, -0.2) is 0 Å². The lowest BCUT2D eigenvalue weighted by Gasteiger charge is -2.26. The second kappa shape index (κ2) is 10.4. The highest BCUT2D eigenvalue weighted by molar-refractivity contribution is 5.94. The van der Waals surface area contributed by atoms with Crippen LogP contribution in [0.25, 0.3) is 0 Å². The average molecular weight is 398 g/mol. The topological polar surface area (TPSA) is 92.8 Å². The Bertz CT molecular complexity index is 820. The van der Waals surface area contributed by atoms with Crippen LogP contribution in [0, 0.1) is 6.92 Å². The number of nitrogens with one attached hydrogen (secondary N) is 2. The van der Waals surface area contributed by atoms with Gasteiger partial charge in [0, 0.05) is 49.8 Å². The summed E-state index contributed by atoms with van der Waals surface area (Å²) in [5.41, 5.74) is 2.60. The standard InChI is InChI=1S/C21H26N4O4/c1-16-14-22-7-6-19(16)23-8-9-24-21(27)17-2-4-18(5-3-17)29-15-20(26)25-10-12-28-13-11-25/h2-7,14H,8-13,15H2,1H3,(H,22,23)(H,24,27). The van der Waals surface area contributed by atoms with Crippen LogP contribution in [0.4, 0.5) is 5.69 Å². The largest absolute Gasteiger partial charge is 0.484 e. The third-order valence-corrected chi connectivity index (χ3v) is 4.59. The maximum Gasteiger partial charge on any atom is 0.260 e. The molecule has 2 heterocycles. The van der Waals surface area contributed by atoms with Gasteiger partial charge in [0.25, 0.3) is 11.8 Å². The maximum absolute atomic E-state index is 12.2. The van der Waals surface area contributed by atoms with Crippen LogP contribution in [0.2, 0.25) is 0 Å². The molecular formula is C21H26N4O4. The Balaban J connectivity index is 1.39. The van der Waals surface area contributed by atoms with Crippen LogP contribution in [-0.2, 0) is 9.53 Å². The first-order chi connectivity index (χ1) is 14.1. The number of anilines is 1. The van der Waals surface area contributed by atoms with Crippen LogP contribution in [0.5, 0.6) is 5.75 Å². The minimum Gasteiger partial charge on any atom is -0.484 e. The van der Waals surface area contributed by atoms with Crippen molar-refractivity contribution in [2.45, 2.75) is 6.92 Å². The van der Waals surface area contributed by atoms with Gasteiger partial charge in [-0.15, -0.1) is 0 Å². The molecule has 0 spiro atoms. The first-order valence-corrected chi connectivity index (χ1v) is 9.64. The van der Waals surface area contributed by atoms with Crippen LogP contribution >= 0.6 is 0 Å². The van der Waals surface area contributed by atoms with E-state index in [-0.39, 0.29) is 18.4 Å². The smallest absolute Gasteiger partial charge is 0.260 e. The number of carbonyl (C=O) groups is 2. The van der Waals surface area contributed by atoms with E-state index in [1.807, 2.05) is 13.0 Å². The number of rotatable bonds is 8. The molecule has 0 unspecified atom stereocenters. The molecule has 1 fully saturated rings. The molecule has 8 heteroatoms. The van der Waals surface area contributed by atoms with Crippen LogP contribution in [0.1, 0.15) is 15.9 Å². The first kappa shape index (κ1) is 20.6. The Kier molecular flexibility index (Phi) is 7.40. The zero-order chi connectivity index (χ0) is 20.5. The third kappa shape index (κ3) is 6.18. The number of amides is 2. The van der Waals surface area contributed by atoms with Crippen LogP contribution < -0.4 is 15.4 Å². The normalized spacial score (nSPS) is 13.6. The highest BCUT2D eigenvalue weighted by Crippen LogP contribution is 2.13. The van der Waals surface area contributed by atoms with E-state index in [9.17, 15) is 9.59 Å². The van der Waals surface area contributed by atoms with E-state index in [1.54, 1.807) is 41.6 Å². The molecule has 3 rings (SSSR count). The van der Waals surface area contributed by atoms with E-state index >= 15 is 0 Å². The van der Waals surface area contributed by atoms with Gasteiger partial charge in [0.15, 0.2) is 6.61 Å². The van der Waals surface area contributed by atoms with Crippen molar-refractivity contribution in [1.29, 1.82) is 0 Å². The number of pyridine rings is 1. The minimum absolute atomic E-state index is 0.0222. The van der Waals surface area contributed by atoms with Crippen molar-refractivity contribution in [2.75, 3.05) is 51.3 Å². The molecule has 0 atom stereocenters. The second-order valence-electron chi connectivity index (χ2n) is 6.68. The number of morpholine rings is 1. The van der Waals surface area contributed by atoms with E-state index in [1.165, 1.54) is 0 Å². The second-order valence-corrected chi connectivity index (χ2v) is 6.68. The Morgan fingerprint density at radius 1 is 1.14 bits per heavy atom. The zero-order valence-corrected chi connectivity index (χ0v) is 16.5. The molecule has 1 aliphatic heterocycles. The van der Waals surface area contributed by atoms with Gasteiger partial charge in [-0.3, -0.25) is 14.6 Å². The van der Waals surface area contributed by atoms with E-state index in [2.05, 4.69) is 15.6 Å². The summed E-state index contributed by atoms with van der Waals surface area (Å²) in [4.78, 5) is 30.1. The summed E-state index contributed by atoms with van der Waals surface area (Å²) in [5.74, 6) is 0.333. The van der Waals surface area contributed by atoms with Crippen molar-refractivity contribution in [3.8, 4) is 5.75 Å². The van der Waals surface area contributed by atoms with E-state index in [4.69, 9.17) is 9.47 Å². The van der Waals surface area contributed by atoms with Crippen molar-refractivity contribution < 1.29 is 19.1 Å². The predicted octanol–water partition coefficient (Wildman–Crippen LogP) is 1.47. The van der Waals surface area contributed by atoms with E-state index in [0.29, 0.717) is 50.7 Å². The molecule has 1 aromatic carbocycles. The van der Waals surface area contributed by atoms with E-state index in [0.717, 1.165) is 11.3 Å². The molecule has 1 aliphatic rings. The highest BCUT2D eigenvalue weighted by atomic mass is 16.5. The van der Waals surface area contributed by atoms with Crippen molar-refractivity contribution in [3.05, 3.63) is 53.9 Å². The van der Waals surface area contributed by atoms with Crippen LogP contribution in [0.15, 0.2) is 42.7 Å². The lowest BCUT2D eigenvalue weighted by Crippen LogP contribution is -2.42. The van der Waals surface area contributed by atoms with Crippen LogP contribution in [-0.4, -0.2) is 67.7 Å². The molecular weight excluding hydrogens is 372 g/mol. The summed E-state index contributed by atoms with van der Waals surface area (Å²) < 4.78 is 10.8. The number of benzene rings is 1. The number of nitrogens with zero attached hydrogens (tertiary/aromatic N) is 2. The van der Waals surface area contributed by atoms with Gasteiger partial charge in [-0.05, 0) is 42.8 Å². The molecule has 1 aromatic heterocycles. The highest BCUT2D eigenvalue weighted by Gasteiger charge is 2.17. The Morgan fingerprint density at radius 3 is 2.62 bits per heavy atom. The molecule has 0 saturated carbocycles. The fourth-order valence-electron chi connectivity index (χ4n) is 2.90. The molecule has 29 heavy (non-hydrogen) atoms. The molecule has 2 N–H and O–H groups in total. The summed E-state index contributed by atoms with van der Waals surface area (Å²) >= 11 is 0. The first-order valence-electron chi connectivity index (χ1n) is 9.64. The maximum atomic E-state index is 12.2. The lowest BCUT2D eigenvalue weighted by molar-refractivity contribution is -0.137. The molecule has 2 amide bonds. The lowest BCUT2D eigenvalue weighted by atomic mass is 10.2. The number of ether oxygens (including phenoxy) is 2. The SMILES string of the molecule is Cc1cnccc1NCCNC(=O)c1ccc(OCC(=O)N2CCOCC2)cc1. The molecule has 0 bridgehead atoms. The number of hydrogen-bond acceptors (Lipinski definition) is 6. The van der Waals surface area contributed by atoms with Crippen molar-refractivity contribution in [2.24, 2.45) is 0 Å². The molecule has 154 valence electrons. The third-order valence-electron chi connectivity index (χ3n) is 4.59. The van der Waals surface area contributed by atoms with Crippen molar-refractivity contribution in [3.63, 3.8) is 0 Å². The summed E-state index contributed by atoms with van der Waals surface area (Å²) in [6, 6.07) is 8.66. The number of aromatic nitrogens is 1. The van der Waals surface area contributed by atoms with Crippen LogP contribution in [0.3, 0.4) is 0 Å². The van der Waals surface area contributed by atoms with Gasteiger partial charge in [0.2, 0.25) is 0 Å². The predicted molar refractivity (Wildman–Crippen MR) is 109 cm³/mol. The minimum atomic E-state index is -0.158. The average Bonchev–Trinajstić information content (AvgIpc) is 2.77. The quantitative estimate of drug-likeness (QED) is 0.654. The van der Waals surface area contributed by atoms with Crippen molar-refractivity contribution >= 4 is 17.5 Å². The van der Waals surface area contributed by atoms with Gasteiger partial charge >= 0.3 is 0 Å². The molecule has 1 saturated heterocycles. The molecule has 0 aliphatic carbocycles. The molecule has 8 nitrogen and oxygen atoms in total. The van der Waals surface area contributed by atoms with Crippen molar-refractivity contribution in [1.82, 2.24) is 15.2 Å². The van der Waals surface area contributed by atoms with Gasteiger partial charge < -0.3 is 25.0 Å². The summed E-state index contributed by atoms with van der Waals surface area (Å²) in [7, 11) is 0. The number of aryl methyl sites for hydroxylation is 1. The Morgan fingerprint density at radius 2 is 1.90 bits per heavy atom. The number of carbonyl (C=O) groups excluding carboxylic acids is 2. The fraction of sp³-hybridized carbons (Fsp3) is 0.381. The molecule has 2 aromatic rings.